The topological polar surface area (TPSA) is 32.3 Å². The Morgan fingerprint density at radius 1 is 1.78 bits per heavy atom. The Bertz CT molecular complexity index is 108. The van der Waals surface area contributed by atoms with Gasteiger partial charge >= 0.3 is 0 Å². The first kappa shape index (κ1) is 9.20. The molecular formula is C5H11NOS2. The third kappa shape index (κ3) is 8.20. The van der Waals surface area contributed by atoms with E-state index in [9.17, 15) is 0 Å². The van der Waals surface area contributed by atoms with Crippen molar-refractivity contribution in [3.63, 3.8) is 0 Å². The molecule has 0 radical (unpaired) electrons. The molecule has 2 N–H and O–H groups in total. The zero-order valence-corrected chi connectivity index (χ0v) is 7.22. The summed E-state index contributed by atoms with van der Waals surface area (Å²) in [4.78, 5) is 0. The summed E-state index contributed by atoms with van der Waals surface area (Å²) in [6.45, 7) is 3.84. The Morgan fingerprint density at radius 2 is 2.22 bits per heavy atom. The van der Waals surface area contributed by atoms with Crippen LogP contribution >= 0.6 is 24.8 Å². The lowest BCUT2D eigenvalue weighted by Gasteiger charge is -2.16. The monoisotopic (exact) mass is 165 g/mol. The number of hydrogen-bond donors (Lipinski definition) is 3. The molecule has 0 fully saturated rings. The largest absolute Gasteiger partial charge is 0.389 e. The van der Waals surface area contributed by atoms with E-state index in [0.717, 1.165) is 0 Å². The van der Waals surface area contributed by atoms with Crippen molar-refractivity contribution in [3.05, 3.63) is 0 Å². The molecule has 0 amide bonds. The standard InChI is InChI=1S/C5H11NOS2/c1-5(2,7)3-6-4(8)9/h7H,3H2,1-2H3,(H2,6,8,9). The smallest absolute Gasteiger partial charge is 0.130 e. The first-order valence-electron chi connectivity index (χ1n) is 2.61. The second-order valence-corrected chi connectivity index (χ2v) is 3.63. The lowest BCUT2D eigenvalue weighted by Crippen LogP contribution is -2.35. The SMILES string of the molecule is CC(C)(O)CNC(=S)S. The van der Waals surface area contributed by atoms with E-state index in [1.165, 1.54) is 0 Å². The van der Waals surface area contributed by atoms with Gasteiger partial charge in [-0.2, -0.15) is 0 Å². The Kier molecular flexibility index (Phi) is 3.46. The van der Waals surface area contributed by atoms with Crippen LogP contribution in [0.15, 0.2) is 0 Å². The van der Waals surface area contributed by atoms with Gasteiger partial charge in [-0.1, -0.05) is 12.2 Å². The third-order valence-electron chi connectivity index (χ3n) is 0.672. The van der Waals surface area contributed by atoms with Crippen molar-refractivity contribution >= 4 is 29.2 Å². The summed E-state index contributed by atoms with van der Waals surface area (Å²) in [6.07, 6.45) is 0. The van der Waals surface area contributed by atoms with Crippen LogP contribution in [0.5, 0.6) is 0 Å². The van der Waals surface area contributed by atoms with Crippen molar-refractivity contribution in [2.24, 2.45) is 0 Å². The van der Waals surface area contributed by atoms with Gasteiger partial charge in [0, 0.05) is 6.54 Å². The third-order valence-corrected chi connectivity index (χ3v) is 0.975. The minimum atomic E-state index is -0.715. The Labute approximate surface area is 66.1 Å². The molecule has 0 saturated carbocycles. The highest BCUT2D eigenvalue weighted by atomic mass is 32.1. The summed E-state index contributed by atoms with van der Waals surface area (Å²) < 4.78 is 0.414. The van der Waals surface area contributed by atoms with E-state index in [0.29, 0.717) is 10.9 Å². The molecule has 4 heteroatoms. The number of hydrogen-bond acceptors (Lipinski definition) is 2. The summed E-state index contributed by atoms with van der Waals surface area (Å²) in [6, 6.07) is 0. The van der Waals surface area contributed by atoms with Gasteiger partial charge in [-0.25, -0.2) is 0 Å². The fourth-order valence-corrected chi connectivity index (χ4v) is 0.443. The van der Waals surface area contributed by atoms with Crippen LogP contribution in [0.25, 0.3) is 0 Å². The molecule has 0 aromatic rings. The number of nitrogens with one attached hydrogen (secondary N) is 1. The first-order valence-corrected chi connectivity index (χ1v) is 3.46. The highest BCUT2D eigenvalue weighted by Crippen LogP contribution is 1.97. The van der Waals surface area contributed by atoms with Gasteiger partial charge in [0.25, 0.3) is 0 Å². The highest BCUT2D eigenvalue weighted by Gasteiger charge is 2.10. The average Bonchev–Trinajstić information content (AvgIpc) is 1.59. The average molecular weight is 165 g/mol. The van der Waals surface area contributed by atoms with Gasteiger partial charge in [-0.05, 0) is 13.8 Å². The highest BCUT2D eigenvalue weighted by molar-refractivity contribution is 8.11. The minimum absolute atomic E-state index is 0.414. The number of aliphatic hydroxyl groups is 1. The van der Waals surface area contributed by atoms with Crippen LogP contribution in [-0.2, 0) is 0 Å². The van der Waals surface area contributed by atoms with Gasteiger partial charge in [0.15, 0.2) is 0 Å². The van der Waals surface area contributed by atoms with Crippen molar-refractivity contribution in [2.75, 3.05) is 6.54 Å². The van der Waals surface area contributed by atoms with Gasteiger partial charge in [0.05, 0.1) is 5.60 Å². The summed E-state index contributed by atoms with van der Waals surface area (Å²) >= 11 is 8.42. The molecule has 0 saturated heterocycles. The van der Waals surface area contributed by atoms with Crippen LogP contribution in [0.2, 0.25) is 0 Å². The van der Waals surface area contributed by atoms with Crippen molar-refractivity contribution in [3.8, 4) is 0 Å². The second-order valence-electron chi connectivity index (χ2n) is 2.47. The quantitative estimate of drug-likeness (QED) is 0.413. The van der Waals surface area contributed by atoms with Crippen LogP contribution in [-0.4, -0.2) is 21.6 Å². The molecule has 0 aromatic carbocycles. The predicted molar refractivity (Wildman–Crippen MR) is 45.9 cm³/mol. The molecule has 0 aliphatic rings. The summed E-state index contributed by atoms with van der Waals surface area (Å²) in [5.74, 6) is 0. The maximum atomic E-state index is 9.11. The molecular weight excluding hydrogens is 154 g/mol. The predicted octanol–water partition coefficient (Wildman–Crippen LogP) is 0.562. The van der Waals surface area contributed by atoms with Crippen molar-refractivity contribution in [2.45, 2.75) is 19.4 Å². The van der Waals surface area contributed by atoms with E-state index >= 15 is 0 Å². The number of thiol groups is 1. The maximum Gasteiger partial charge on any atom is 0.130 e. The molecule has 0 aliphatic carbocycles. The summed E-state index contributed by atoms with van der Waals surface area (Å²) in [5.41, 5.74) is -0.715. The van der Waals surface area contributed by atoms with E-state index in [2.05, 4.69) is 30.2 Å². The lowest BCUT2D eigenvalue weighted by molar-refractivity contribution is 0.0853. The van der Waals surface area contributed by atoms with E-state index < -0.39 is 5.60 Å². The lowest BCUT2D eigenvalue weighted by atomic mass is 10.1. The molecule has 0 unspecified atom stereocenters. The molecule has 0 heterocycles. The molecule has 9 heavy (non-hydrogen) atoms. The van der Waals surface area contributed by atoms with Crippen LogP contribution in [0.3, 0.4) is 0 Å². The van der Waals surface area contributed by atoms with Crippen LogP contribution in [0, 0.1) is 0 Å². The molecule has 0 bridgehead atoms. The van der Waals surface area contributed by atoms with Gasteiger partial charge in [0.2, 0.25) is 0 Å². The molecule has 0 spiro atoms. The van der Waals surface area contributed by atoms with E-state index in [1.807, 2.05) is 0 Å². The minimum Gasteiger partial charge on any atom is -0.389 e. The zero-order chi connectivity index (χ0) is 7.49. The molecule has 0 rings (SSSR count). The van der Waals surface area contributed by atoms with Crippen LogP contribution in [0.1, 0.15) is 13.8 Å². The van der Waals surface area contributed by atoms with Gasteiger partial charge in [0.1, 0.15) is 4.32 Å². The number of rotatable bonds is 2. The molecule has 0 aromatic heterocycles. The summed E-state index contributed by atoms with van der Waals surface area (Å²) in [5, 5.41) is 11.8. The van der Waals surface area contributed by atoms with Crippen molar-refractivity contribution in [1.82, 2.24) is 5.32 Å². The molecule has 0 aliphatic heterocycles. The Hall–Kier alpha value is 0.200. The summed E-state index contributed by atoms with van der Waals surface area (Å²) in [7, 11) is 0. The van der Waals surface area contributed by atoms with Gasteiger partial charge in [-0.3, -0.25) is 0 Å². The van der Waals surface area contributed by atoms with E-state index in [1.54, 1.807) is 13.8 Å². The first-order chi connectivity index (χ1) is 3.92. The molecule has 54 valence electrons. The van der Waals surface area contributed by atoms with Crippen LogP contribution < -0.4 is 5.32 Å². The normalized spacial score (nSPS) is 11.1. The second kappa shape index (κ2) is 3.39. The van der Waals surface area contributed by atoms with E-state index in [4.69, 9.17) is 5.11 Å². The molecule has 0 atom stereocenters. The van der Waals surface area contributed by atoms with Crippen molar-refractivity contribution in [1.29, 1.82) is 0 Å². The van der Waals surface area contributed by atoms with Crippen molar-refractivity contribution < 1.29 is 5.11 Å². The fourth-order valence-electron chi connectivity index (χ4n) is 0.292. The maximum absolute atomic E-state index is 9.11. The van der Waals surface area contributed by atoms with E-state index in [-0.39, 0.29) is 0 Å². The Morgan fingerprint density at radius 3 is 2.33 bits per heavy atom. The van der Waals surface area contributed by atoms with Crippen LogP contribution in [0.4, 0.5) is 0 Å². The van der Waals surface area contributed by atoms with Gasteiger partial charge < -0.3 is 10.4 Å². The Balaban J connectivity index is 3.39. The fraction of sp³-hybridized carbons (Fsp3) is 0.800. The van der Waals surface area contributed by atoms with Gasteiger partial charge in [-0.15, -0.1) is 12.6 Å². The molecule has 2 nitrogen and oxygen atoms in total. The number of thiocarbonyl (C=S) groups is 1. The zero-order valence-electron chi connectivity index (χ0n) is 5.51.